The van der Waals surface area contributed by atoms with Crippen molar-refractivity contribution in [1.29, 1.82) is 0 Å². The average Bonchev–Trinajstić information content (AvgIpc) is 2.10. The standard InChI is InChI=1S/C10H22N2O/c1-9(13)10(12)7-5-3-2-4-6-8-11/h10H,2-8,11-12H2,1H3. The van der Waals surface area contributed by atoms with Crippen LogP contribution in [0.15, 0.2) is 0 Å². The topological polar surface area (TPSA) is 69.1 Å². The Morgan fingerprint density at radius 1 is 1.15 bits per heavy atom. The van der Waals surface area contributed by atoms with Gasteiger partial charge in [-0.3, -0.25) is 4.79 Å². The van der Waals surface area contributed by atoms with Gasteiger partial charge >= 0.3 is 0 Å². The molecule has 4 N–H and O–H groups in total. The third kappa shape index (κ3) is 7.94. The molecule has 0 bridgehead atoms. The lowest BCUT2D eigenvalue weighted by molar-refractivity contribution is -0.118. The molecule has 0 rings (SSSR count). The van der Waals surface area contributed by atoms with E-state index < -0.39 is 0 Å². The van der Waals surface area contributed by atoms with Crippen molar-refractivity contribution in [3.05, 3.63) is 0 Å². The van der Waals surface area contributed by atoms with Crippen LogP contribution in [-0.4, -0.2) is 18.4 Å². The Morgan fingerprint density at radius 2 is 1.69 bits per heavy atom. The molecule has 3 heteroatoms. The first kappa shape index (κ1) is 12.6. The summed E-state index contributed by atoms with van der Waals surface area (Å²) in [4.78, 5) is 10.8. The molecule has 0 aromatic carbocycles. The molecule has 0 aliphatic rings. The number of rotatable bonds is 8. The summed E-state index contributed by atoms with van der Waals surface area (Å²) in [7, 11) is 0. The fraction of sp³-hybridized carbons (Fsp3) is 0.900. The van der Waals surface area contributed by atoms with E-state index in [1.165, 1.54) is 19.3 Å². The Kier molecular flexibility index (Phi) is 7.94. The predicted octanol–water partition coefficient (Wildman–Crippen LogP) is 1.20. The highest BCUT2D eigenvalue weighted by atomic mass is 16.1. The van der Waals surface area contributed by atoms with E-state index in [9.17, 15) is 4.79 Å². The minimum atomic E-state index is -0.241. The zero-order valence-corrected chi connectivity index (χ0v) is 8.59. The summed E-state index contributed by atoms with van der Waals surface area (Å²) in [6, 6.07) is -0.241. The zero-order valence-electron chi connectivity index (χ0n) is 8.59. The van der Waals surface area contributed by atoms with E-state index >= 15 is 0 Å². The molecule has 1 unspecified atom stereocenters. The maximum atomic E-state index is 10.8. The second kappa shape index (κ2) is 8.20. The van der Waals surface area contributed by atoms with Gasteiger partial charge in [0.2, 0.25) is 0 Å². The Balaban J connectivity index is 3.11. The number of Topliss-reactive ketones (excluding diaryl/α,β-unsaturated/α-hetero) is 1. The molecule has 0 aliphatic carbocycles. The van der Waals surface area contributed by atoms with Crippen LogP contribution in [0.3, 0.4) is 0 Å². The van der Waals surface area contributed by atoms with Crippen LogP contribution in [0, 0.1) is 0 Å². The number of ketones is 1. The third-order valence-electron chi connectivity index (χ3n) is 2.24. The predicted molar refractivity (Wildman–Crippen MR) is 55.4 cm³/mol. The maximum absolute atomic E-state index is 10.8. The van der Waals surface area contributed by atoms with Gasteiger partial charge in [0.1, 0.15) is 5.78 Å². The second-order valence-corrected chi connectivity index (χ2v) is 3.56. The first-order valence-electron chi connectivity index (χ1n) is 5.14. The fourth-order valence-electron chi connectivity index (χ4n) is 1.24. The van der Waals surface area contributed by atoms with Gasteiger partial charge in [0.25, 0.3) is 0 Å². The number of hydrogen-bond donors (Lipinski definition) is 2. The molecule has 0 amide bonds. The van der Waals surface area contributed by atoms with Gasteiger partial charge in [-0.2, -0.15) is 0 Å². The van der Waals surface area contributed by atoms with Gasteiger partial charge in [0, 0.05) is 0 Å². The van der Waals surface area contributed by atoms with Crippen LogP contribution in [0.4, 0.5) is 0 Å². The summed E-state index contributed by atoms with van der Waals surface area (Å²) in [5.41, 5.74) is 11.0. The second-order valence-electron chi connectivity index (χ2n) is 3.56. The van der Waals surface area contributed by atoms with E-state index in [0.29, 0.717) is 0 Å². The molecule has 0 heterocycles. The van der Waals surface area contributed by atoms with Gasteiger partial charge < -0.3 is 11.5 Å². The number of nitrogens with two attached hydrogens (primary N) is 2. The number of unbranched alkanes of at least 4 members (excludes halogenated alkanes) is 4. The van der Waals surface area contributed by atoms with Crippen LogP contribution < -0.4 is 11.5 Å². The highest BCUT2D eigenvalue weighted by Crippen LogP contribution is 2.06. The summed E-state index contributed by atoms with van der Waals surface area (Å²) in [6.07, 6.45) is 6.58. The lowest BCUT2D eigenvalue weighted by Gasteiger charge is -2.06. The smallest absolute Gasteiger partial charge is 0.146 e. The molecule has 3 nitrogen and oxygen atoms in total. The Hall–Kier alpha value is -0.410. The molecule has 13 heavy (non-hydrogen) atoms. The van der Waals surface area contributed by atoms with E-state index in [0.717, 1.165) is 25.8 Å². The molecular formula is C10H22N2O. The molecule has 0 saturated carbocycles. The van der Waals surface area contributed by atoms with E-state index in [2.05, 4.69) is 0 Å². The molecule has 0 radical (unpaired) electrons. The average molecular weight is 186 g/mol. The summed E-state index contributed by atoms with van der Waals surface area (Å²) in [5.74, 6) is 0.0990. The Bertz CT molecular complexity index is 137. The molecule has 1 atom stereocenters. The Labute approximate surface area is 80.9 Å². The van der Waals surface area contributed by atoms with Crippen molar-refractivity contribution in [2.45, 2.75) is 51.5 Å². The minimum absolute atomic E-state index is 0.0990. The molecule has 0 saturated heterocycles. The van der Waals surface area contributed by atoms with E-state index in [4.69, 9.17) is 11.5 Å². The molecular weight excluding hydrogens is 164 g/mol. The van der Waals surface area contributed by atoms with Crippen LogP contribution in [0.25, 0.3) is 0 Å². The van der Waals surface area contributed by atoms with E-state index in [1.807, 2.05) is 0 Å². The highest BCUT2D eigenvalue weighted by molar-refractivity contribution is 5.80. The third-order valence-corrected chi connectivity index (χ3v) is 2.24. The molecule has 0 fully saturated rings. The van der Waals surface area contributed by atoms with E-state index in [1.54, 1.807) is 6.92 Å². The van der Waals surface area contributed by atoms with E-state index in [-0.39, 0.29) is 11.8 Å². The molecule has 0 aromatic heterocycles. The first-order valence-corrected chi connectivity index (χ1v) is 5.14. The summed E-state index contributed by atoms with van der Waals surface area (Å²) < 4.78 is 0. The van der Waals surface area contributed by atoms with Gasteiger partial charge in [-0.25, -0.2) is 0 Å². The van der Waals surface area contributed by atoms with Crippen LogP contribution in [-0.2, 0) is 4.79 Å². The number of carbonyl (C=O) groups excluding carboxylic acids is 1. The van der Waals surface area contributed by atoms with Crippen LogP contribution >= 0.6 is 0 Å². The van der Waals surface area contributed by atoms with Crippen molar-refractivity contribution in [3.8, 4) is 0 Å². The largest absolute Gasteiger partial charge is 0.330 e. The van der Waals surface area contributed by atoms with Gasteiger partial charge in [0.05, 0.1) is 6.04 Å². The maximum Gasteiger partial charge on any atom is 0.146 e. The van der Waals surface area contributed by atoms with Crippen LogP contribution in [0.2, 0.25) is 0 Å². The highest BCUT2D eigenvalue weighted by Gasteiger charge is 2.06. The molecule has 0 aromatic rings. The van der Waals surface area contributed by atoms with Gasteiger partial charge in [0.15, 0.2) is 0 Å². The van der Waals surface area contributed by atoms with Gasteiger partial charge in [-0.15, -0.1) is 0 Å². The normalized spacial score (nSPS) is 12.8. The van der Waals surface area contributed by atoms with Crippen molar-refractivity contribution in [1.82, 2.24) is 0 Å². The van der Waals surface area contributed by atoms with Crippen LogP contribution in [0.5, 0.6) is 0 Å². The van der Waals surface area contributed by atoms with Gasteiger partial charge in [-0.05, 0) is 26.3 Å². The Morgan fingerprint density at radius 3 is 2.23 bits per heavy atom. The van der Waals surface area contributed by atoms with Crippen molar-refractivity contribution in [2.24, 2.45) is 11.5 Å². The minimum Gasteiger partial charge on any atom is -0.330 e. The van der Waals surface area contributed by atoms with Gasteiger partial charge in [-0.1, -0.05) is 25.7 Å². The molecule has 0 spiro atoms. The lowest BCUT2D eigenvalue weighted by Crippen LogP contribution is -2.27. The number of carbonyl (C=O) groups is 1. The quantitative estimate of drug-likeness (QED) is 0.560. The SMILES string of the molecule is CC(=O)C(N)CCCCCCCN. The van der Waals surface area contributed by atoms with Crippen LogP contribution in [0.1, 0.15) is 45.4 Å². The van der Waals surface area contributed by atoms with Crippen molar-refractivity contribution in [3.63, 3.8) is 0 Å². The summed E-state index contributed by atoms with van der Waals surface area (Å²) >= 11 is 0. The monoisotopic (exact) mass is 186 g/mol. The lowest BCUT2D eigenvalue weighted by atomic mass is 10.0. The zero-order chi connectivity index (χ0) is 10.1. The molecule has 0 aliphatic heterocycles. The first-order chi connectivity index (χ1) is 6.18. The fourth-order valence-corrected chi connectivity index (χ4v) is 1.24. The van der Waals surface area contributed by atoms with Crippen molar-refractivity contribution < 1.29 is 4.79 Å². The summed E-state index contributed by atoms with van der Waals surface area (Å²) in [5, 5.41) is 0. The van der Waals surface area contributed by atoms with Crippen molar-refractivity contribution >= 4 is 5.78 Å². The number of hydrogen-bond acceptors (Lipinski definition) is 3. The summed E-state index contributed by atoms with van der Waals surface area (Å²) in [6.45, 7) is 2.34. The molecule has 78 valence electrons. The van der Waals surface area contributed by atoms with Crippen molar-refractivity contribution in [2.75, 3.05) is 6.54 Å².